The van der Waals surface area contributed by atoms with E-state index in [9.17, 15) is 0 Å². The summed E-state index contributed by atoms with van der Waals surface area (Å²) in [4.78, 5) is -0.154. The van der Waals surface area contributed by atoms with E-state index in [1.54, 1.807) is 26.4 Å². The first kappa shape index (κ1) is 15.5. The largest absolute Gasteiger partial charge is 0.496 e. The molecule has 0 bridgehead atoms. The first-order chi connectivity index (χ1) is 9.58. The molecule has 20 heavy (non-hydrogen) atoms. The van der Waals surface area contributed by atoms with Crippen LogP contribution in [0.1, 0.15) is 16.0 Å². The first-order valence-electron chi connectivity index (χ1n) is 5.88. The third-order valence-corrected chi connectivity index (χ3v) is 4.47. The second-order valence-corrected chi connectivity index (χ2v) is 5.86. The highest BCUT2D eigenvalue weighted by atomic mass is 79.9. The average molecular weight is 376 g/mol. The third kappa shape index (κ3) is 3.05. The highest BCUT2D eigenvalue weighted by Gasteiger charge is 2.22. The predicted octanol–water partition coefficient (Wildman–Crippen LogP) is 5.49. The van der Waals surface area contributed by atoms with Gasteiger partial charge < -0.3 is 9.47 Å². The number of hydrogen-bond donors (Lipinski definition) is 0. The summed E-state index contributed by atoms with van der Waals surface area (Å²) in [5.74, 6) is 1.47. The fourth-order valence-electron chi connectivity index (χ4n) is 1.99. The van der Waals surface area contributed by atoms with Crippen LogP contribution in [0.3, 0.4) is 0 Å². The van der Waals surface area contributed by atoms with Crippen molar-refractivity contribution in [2.75, 3.05) is 14.2 Å². The van der Waals surface area contributed by atoms with Crippen LogP contribution in [0.4, 0.5) is 0 Å². The molecule has 0 N–H and O–H groups in total. The summed E-state index contributed by atoms with van der Waals surface area (Å²) in [6, 6.07) is 11.1. The Kier molecular flexibility index (Phi) is 5.19. The molecule has 0 aliphatic carbocycles. The van der Waals surface area contributed by atoms with Gasteiger partial charge in [-0.05, 0) is 29.8 Å². The van der Waals surface area contributed by atoms with Gasteiger partial charge in [-0.25, -0.2) is 0 Å². The number of halogens is 3. The minimum Gasteiger partial charge on any atom is -0.496 e. The van der Waals surface area contributed by atoms with Crippen LogP contribution in [0.25, 0.3) is 0 Å². The molecule has 0 saturated heterocycles. The molecule has 0 aliphatic rings. The zero-order valence-electron chi connectivity index (χ0n) is 11.0. The summed E-state index contributed by atoms with van der Waals surface area (Å²) in [6.45, 7) is 0. The van der Waals surface area contributed by atoms with E-state index in [-0.39, 0.29) is 4.83 Å². The third-order valence-electron chi connectivity index (χ3n) is 2.95. The molecule has 0 heterocycles. The molecule has 5 heteroatoms. The van der Waals surface area contributed by atoms with Crippen molar-refractivity contribution >= 4 is 39.1 Å². The summed E-state index contributed by atoms with van der Waals surface area (Å²) < 4.78 is 10.8. The molecule has 0 fully saturated rings. The lowest BCUT2D eigenvalue weighted by Crippen LogP contribution is -2.01. The summed E-state index contributed by atoms with van der Waals surface area (Å²) >= 11 is 15.9. The molecular weight excluding hydrogens is 363 g/mol. The molecule has 0 aromatic heterocycles. The molecule has 0 radical (unpaired) electrons. The van der Waals surface area contributed by atoms with Gasteiger partial charge in [-0.1, -0.05) is 51.3 Å². The molecule has 2 rings (SSSR count). The van der Waals surface area contributed by atoms with Gasteiger partial charge in [-0.2, -0.15) is 0 Å². The fraction of sp³-hybridized carbons (Fsp3) is 0.200. The molecule has 2 aromatic rings. The van der Waals surface area contributed by atoms with Crippen LogP contribution in [0, 0.1) is 0 Å². The molecule has 0 amide bonds. The molecular formula is C15H13BrCl2O2. The molecule has 1 atom stereocenters. The molecule has 2 nitrogen and oxygen atoms in total. The molecule has 2 aromatic carbocycles. The van der Waals surface area contributed by atoms with Crippen molar-refractivity contribution in [1.29, 1.82) is 0 Å². The highest BCUT2D eigenvalue weighted by molar-refractivity contribution is 9.09. The quantitative estimate of drug-likeness (QED) is 0.657. The Hall–Kier alpha value is -0.900. The molecule has 0 aliphatic heterocycles. The number of alkyl halides is 1. The van der Waals surface area contributed by atoms with Crippen LogP contribution < -0.4 is 9.47 Å². The Morgan fingerprint density at radius 2 is 1.60 bits per heavy atom. The Morgan fingerprint density at radius 3 is 2.10 bits per heavy atom. The zero-order valence-corrected chi connectivity index (χ0v) is 14.1. The van der Waals surface area contributed by atoms with Gasteiger partial charge in [0.25, 0.3) is 0 Å². The number of methoxy groups -OCH3 is 2. The number of benzene rings is 2. The Balaban J connectivity index is 2.55. The monoisotopic (exact) mass is 374 g/mol. The lowest BCUT2D eigenvalue weighted by Gasteiger charge is -2.19. The van der Waals surface area contributed by atoms with Gasteiger partial charge in [0.1, 0.15) is 11.5 Å². The van der Waals surface area contributed by atoms with Crippen molar-refractivity contribution in [2.24, 2.45) is 0 Å². The van der Waals surface area contributed by atoms with E-state index in [2.05, 4.69) is 15.9 Å². The van der Waals surface area contributed by atoms with Crippen LogP contribution in [0.5, 0.6) is 11.5 Å². The van der Waals surface area contributed by atoms with Gasteiger partial charge in [0.15, 0.2) is 0 Å². The summed E-state index contributed by atoms with van der Waals surface area (Å²) in [7, 11) is 3.25. The SMILES string of the molecule is COc1cccc(OC)c1C(Br)c1ccc(Cl)cc1Cl. The van der Waals surface area contributed by atoms with E-state index in [4.69, 9.17) is 32.7 Å². The van der Waals surface area contributed by atoms with E-state index in [0.717, 1.165) is 22.6 Å². The molecule has 0 spiro atoms. The minimum atomic E-state index is -0.154. The Morgan fingerprint density at radius 1 is 1.00 bits per heavy atom. The maximum absolute atomic E-state index is 6.27. The highest BCUT2D eigenvalue weighted by Crippen LogP contribution is 2.44. The van der Waals surface area contributed by atoms with E-state index in [0.29, 0.717) is 10.0 Å². The minimum absolute atomic E-state index is 0.154. The fourth-order valence-corrected chi connectivity index (χ4v) is 3.49. The van der Waals surface area contributed by atoms with Gasteiger partial charge in [0.05, 0.1) is 24.6 Å². The van der Waals surface area contributed by atoms with Gasteiger partial charge in [0.2, 0.25) is 0 Å². The topological polar surface area (TPSA) is 18.5 Å². The van der Waals surface area contributed by atoms with Crippen molar-refractivity contribution in [2.45, 2.75) is 4.83 Å². The number of rotatable bonds is 4. The van der Waals surface area contributed by atoms with Gasteiger partial charge in [0, 0.05) is 10.0 Å². The predicted molar refractivity (Wildman–Crippen MR) is 86.8 cm³/mol. The van der Waals surface area contributed by atoms with E-state index >= 15 is 0 Å². The smallest absolute Gasteiger partial charge is 0.127 e. The van der Waals surface area contributed by atoms with Crippen LogP contribution in [-0.2, 0) is 0 Å². The first-order valence-corrected chi connectivity index (χ1v) is 7.55. The lowest BCUT2D eigenvalue weighted by molar-refractivity contribution is 0.386. The lowest BCUT2D eigenvalue weighted by atomic mass is 10.0. The maximum Gasteiger partial charge on any atom is 0.127 e. The van der Waals surface area contributed by atoms with Crippen molar-refractivity contribution < 1.29 is 9.47 Å². The maximum atomic E-state index is 6.27. The summed E-state index contributed by atoms with van der Waals surface area (Å²) in [5, 5.41) is 1.19. The Bertz CT molecular complexity index is 595. The normalized spacial score (nSPS) is 12.1. The van der Waals surface area contributed by atoms with Crippen LogP contribution >= 0.6 is 39.1 Å². The van der Waals surface area contributed by atoms with Crippen LogP contribution in [-0.4, -0.2) is 14.2 Å². The summed E-state index contributed by atoms with van der Waals surface area (Å²) in [5.41, 5.74) is 1.79. The van der Waals surface area contributed by atoms with Gasteiger partial charge in [-0.3, -0.25) is 0 Å². The van der Waals surface area contributed by atoms with E-state index in [1.165, 1.54) is 0 Å². The molecule has 1 unspecified atom stereocenters. The van der Waals surface area contributed by atoms with Crippen molar-refractivity contribution in [3.63, 3.8) is 0 Å². The number of hydrogen-bond acceptors (Lipinski definition) is 2. The summed E-state index contributed by atoms with van der Waals surface area (Å²) in [6.07, 6.45) is 0. The molecule has 0 saturated carbocycles. The zero-order chi connectivity index (χ0) is 14.7. The standard InChI is InChI=1S/C15H13BrCl2O2/c1-19-12-4-3-5-13(20-2)14(12)15(16)10-7-6-9(17)8-11(10)18/h3-8,15H,1-2H3. The van der Waals surface area contributed by atoms with E-state index in [1.807, 2.05) is 24.3 Å². The number of ether oxygens (including phenoxy) is 2. The average Bonchev–Trinajstić information content (AvgIpc) is 2.45. The second kappa shape index (κ2) is 6.70. The van der Waals surface area contributed by atoms with Crippen molar-refractivity contribution in [3.8, 4) is 11.5 Å². The van der Waals surface area contributed by atoms with Gasteiger partial charge in [-0.15, -0.1) is 0 Å². The van der Waals surface area contributed by atoms with Crippen molar-refractivity contribution in [3.05, 3.63) is 57.6 Å². The van der Waals surface area contributed by atoms with Crippen LogP contribution in [0.2, 0.25) is 10.0 Å². The van der Waals surface area contributed by atoms with Crippen molar-refractivity contribution in [1.82, 2.24) is 0 Å². The van der Waals surface area contributed by atoms with Crippen LogP contribution in [0.15, 0.2) is 36.4 Å². The van der Waals surface area contributed by atoms with E-state index < -0.39 is 0 Å². The second-order valence-electron chi connectivity index (χ2n) is 4.10. The molecule has 106 valence electrons. The Labute approximate surface area is 136 Å². The van der Waals surface area contributed by atoms with Gasteiger partial charge >= 0.3 is 0 Å².